The van der Waals surface area contributed by atoms with Crippen LogP contribution in [0.15, 0.2) is 6.20 Å². The summed E-state index contributed by atoms with van der Waals surface area (Å²) in [7, 11) is 1.87. The molecule has 1 saturated carbocycles. The van der Waals surface area contributed by atoms with Crippen LogP contribution < -0.4 is 5.32 Å². The third kappa shape index (κ3) is 1.61. The van der Waals surface area contributed by atoms with Crippen molar-refractivity contribution < 1.29 is 4.79 Å². The van der Waals surface area contributed by atoms with Gasteiger partial charge in [0.15, 0.2) is 0 Å². The molecule has 0 unspecified atom stereocenters. The Morgan fingerprint density at radius 2 is 2.44 bits per heavy atom. The Kier molecular flexibility index (Phi) is 2.21. The first-order chi connectivity index (χ1) is 7.75. The van der Waals surface area contributed by atoms with Crippen molar-refractivity contribution >= 4 is 5.91 Å². The first kappa shape index (κ1) is 9.84. The van der Waals surface area contributed by atoms with E-state index in [4.69, 9.17) is 0 Å². The SMILES string of the molecule is CN(C(=O)c1cn2c(n1)CNCC2)C1CC1. The number of hydrogen-bond donors (Lipinski definition) is 1. The van der Waals surface area contributed by atoms with Gasteiger partial charge in [-0.05, 0) is 12.8 Å². The van der Waals surface area contributed by atoms with Crippen molar-refractivity contribution in [2.45, 2.75) is 32.0 Å². The lowest BCUT2D eigenvalue weighted by atomic mass is 10.4. The predicted octanol–water partition coefficient (Wildman–Crippen LogP) is 0.221. The Balaban J connectivity index is 1.82. The van der Waals surface area contributed by atoms with Crippen LogP contribution in [0.2, 0.25) is 0 Å². The number of aromatic nitrogens is 2. The van der Waals surface area contributed by atoms with Crippen LogP contribution in [0, 0.1) is 0 Å². The van der Waals surface area contributed by atoms with Crippen molar-refractivity contribution in [1.29, 1.82) is 0 Å². The Bertz CT molecular complexity index is 398. The van der Waals surface area contributed by atoms with Gasteiger partial charge in [-0.25, -0.2) is 4.98 Å². The fourth-order valence-electron chi connectivity index (χ4n) is 2.10. The van der Waals surface area contributed by atoms with E-state index in [2.05, 4.69) is 14.9 Å². The van der Waals surface area contributed by atoms with E-state index in [1.54, 1.807) is 0 Å². The monoisotopic (exact) mass is 220 g/mol. The first-order valence-corrected chi connectivity index (χ1v) is 5.79. The molecule has 5 heteroatoms. The van der Waals surface area contributed by atoms with Crippen LogP contribution in [0.5, 0.6) is 0 Å². The Hall–Kier alpha value is -1.36. The zero-order valence-corrected chi connectivity index (χ0v) is 9.44. The van der Waals surface area contributed by atoms with Gasteiger partial charge in [0, 0.05) is 32.4 Å². The number of imidazole rings is 1. The molecule has 2 aliphatic rings. The summed E-state index contributed by atoms with van der Waals surface area (Å²) in [6, 6.07) is 0.448. The fraction of sp³-hybridized carbons (Fsp3) is 0.636. The van der Waals surface area contributed by atoms with Gasteiger partial charge in [0.1, 0.15) is 11.5 Å². The standard InChI is InChI=1S/C11H16N4O/c1-14(8-2-3-8)11(16)9-7-15-5-4-12-6-10(15)13-9/h7-8,12H,2-6H2,1H3. The van der Waals surface area contributed by atoms with Crippen LogP contribution >= 0.6 is 0 Å². The molecule has 0 spiro atoms. The molecule has 2 heterocycles. The lowest BCUT2D eigenvalue weighted by molar-refractivity contribution is 0.0779. The maximum atomic E-state index is 12.1. The summed E-state index contributed by atoms with van der Waals surface area (Å²) in [4.78, 5) is 18.3. The van der Waals surface area contributed by atoms with Gasteiger partial charge >= 0.3 is 0 Å². The molecule has 1 amide bonds. The van der Waals surface area contributed by atoms with E-state index in [0.717, 1.165) is 38.3 Å². The number of amides is 1. The maximum Gasteiger partial charge on any atom is 0.274 e. The molecule has 0 radical (unpaired) electrons. The molecule has 1 aliphatic carbocycles. The molecule has 1 aliphatic heterocycles. The molecule has 1 fully saturated rings. The average Bonchev–Trinajstić information content (AvgIpc) is 3.06. The molecule has 5 nitrogen and oxygen atoms in total. The van der Waals surface area contributed by atoms with Gasteiger partial charge in [-0.3, -0.25) is 4.79 Å². The molecular formula is C11H16N4O. The fourth-order valence-corrected chi connectivity index (χ4v) is 2.10. The molecular weight excluding hydrogens is 204 g/mol. The number of hydrogen-bond acceptors (Lipinski definition) is 3. The van der Waals surface area contributed by atoms with Crippen LogP contribution in [0.4, 0.5) is 0 Å². The number of nitrogens with zero attached hydrogens (tertiary/aromatic N) is 3. The zero-order chi connectivity index (χ0) is 11.1. The van der Waals surface area contributed by atoms with E-state index >= 15 is 0 Å². The van der Waals surface area contributed by atoms with Gasteiger partial charge in [-0.1, -0.05) is 0 Å². The summed E-state index contributed by atoms with van der Waals surface area (Å²) in [6.07, 6.45) is 4.16. The van der Waals surface area contributed by atoms with Gasteiger partial charge in [-0.15, -0.1) is 0 Å². The van der Waals surface area contributed by atoms with Crippen LogP contribution in [0.3, 0.4) is 0 Å². The summed E-state index contributed by atoms with van der Waals surface area (Å²) in [5.74, 6) is 1.03. The highest BCUT2D eigenvalue weighted by Gasteiger charge is 2.31. The van der Waals surface area contributed by atoms with E-state index in [0.29, 0.717) is 11.7 Å². The van der Waals surface area contributed by atoms with Gasteiger partial charge < -0.3 is 14.8 Å². The summed E-state index contributed by atoms with van der Waals surface area (Å²) in [5.41, 5.74) is 0.591. The molecule has 3 rings (SSSR count). The number of carbonyl (C=O) groups excluding carboxylic acids is 1. The highest BCUT2D eigenvalue weighted by atomic mass is 16.2. The smallest absolute Gasteiger partial charge is 0.274 e. The molecule has 1 aromatic rings. The Morgan fingerprint density at radius 1 is 1.62 bits per heavy atom. The highest BCUT2D eigenvalue weighted by Crippen LogP contribution is 2.26. The molecule has 0 aromatic carbocycles. The summed E-state index contributed by atoms with van der Waals surface area (Å²) >= 11 is 0. The minimum absolute atomic E-state index is 0.0596. The van der Waals surface area contributed by atoms with E-state index in [9.17, 15) is 4.79 Å². The molecule has 0 bridgehead atoms. The minimum atomic E-state index is 0.0596. The van der Waals surface area contributed by atoms with E-state index in [1.807, 2.05) is 18.1 Å². The van der Waals surface area contributed by atoms with Crippen LogP contribution in [0.25, 0.3) is 0 Å². The average molecular weight is 220 g/mol. The molecule has 86 valence electrons. The first-order valence-electron chi connectivity index (χ1n) is 5.79. The zero-order valence-electron chi connectivity index (χ0n) is 9.44. The number of carbonyl (C=O) groups is 1. The van der Waals surface area contributed by atoms with E-state index in [-0.39, 0.29) is 5.91 Å². The van der Waals surface area contributed by atoms with Crippen molar-refractivity contribution in [2.24, 2.45) is 0 Å². The van der Waals surface area contributed by atoms with Gasteiger partial charge in [0.05, 0.1) is 6.54 Å². The predicted molar refractivity (Wildman–Crippen MR) is 59.0 cm³/mol. The van der Waals surface area contributed by atoms with Crippen LogP contribution in [-0.2, 0) is 13.1 Å². The Morgan fingerprint density at radius 3 is 3.12 bits per heavy atom. The molecule has 0 saturated heterocycles. The summed E-state index contributed by atoms with van der Waals surface area (Å²) < 4.78 is 2.07. The van der Waals surface area contributed by atoms with Crippen molar-refractivity contribution in [3.63, 3.8) is 0 Å². The summed E-state index contributed by atoms with van der Waals surface area (Å²) in [6.45, 7) is 2.62. The largest absolute Gasteiger partial charge is 0.337 e. The van der Waals surface area contributed by atoms with E-state index in [1.165, 1.54) is 0 Å². The number of nitrogens with one attached hydrogen (secondary N) is 1. The third-order valence-corrected chi connectivity index (χ3v) is 3.31. The quantitative estimate of drug-likeness (QED) is 0.775. The summed E-state index contributed by atoms with van der Waals surface area (Å²) in [5, 5.41) is 3.25. The van der Waals surface area contributed by atoms with Crippen molar-refractivity contribution in [3.8, 4) is 0 Å². The van der Waals surface area contributed by atoms with Gasteiger partial charge in [0.25, 0.3) is 5.91 Å². The lowest BCUT2D eigenvalue weighted by Crippen LogP contribution is -2.29. The minimum Gasteiger partial charge on any atom is -0.337 e. The third-order valence-electron chi connectivity index (χ3n) is 3.31. The second-order valence-corrected chi connectivity index (χ2v) is 4.56. The topological polar surface area (TPSA) is 50.2 Å². The lowest BCUT2D eigenvalue weighted by Gasteiger charge is -2.14. The van der Waals surface area contributed by atoms with Crippen molar-refractivity contribution in [3.05, 3.63) is 17.7 Å². The maximum absolute atomic E-state index is 12.1. The molecule has 0 atom stereocenters. The number of rotatable bonds is 2. The van der Waals surface area contributed by atoms with Gasteiger partial charge in [-0.2, -0.15) is 0 Å². The molecule has 16 heavy (non-hydrogen) atoms. The normalized spacial score (nSPS) is 19.3. The van der Waals surface area contributed by atoms with Crippen LogP contribution in [0.1, 0.15) is 29.2 Å². The molecule has 1 N–H and O–H groups in total. The number of fused-ring (bicyclic) bond motifs is 1. The van der Waals surface area contributed by atoms with Crippen molar-refractivity contribution in [1.82, 2.24) is 19.8 Å². The van der Waals surface area contributed by atoms with E-state index < -0.39 is 0 Å². The Labute approximate surface area is 94.4 Å². The van der Waals surface area contributed by atoms with Crippen molar-refractivity contribution in [2.75, 3.05) is 13.6 Å². The second kappa shape index (κ2) is 3.59. The highest BCUT2D eigenvalue weighted by molar-refractivity contribution is 5.92. The second-order valence-electron chi connectivity index (χ2n) is 4.56. The van der Waals surface area contributed by atoms with Gasteiger partial charge in [0.2, 0.25) is 0 Å². The van der Waals surface area contributed by atoms with Crippen LogP contribution in [-0.4, -0.2) is 40.0 Å². The molecule has 1 aromatic heterocycles.